The number of benzene rings is 4. The molecule has 402 valence electrons. The molecule has 4 aromatic rings. The molecule has 19 heteroatoms. The second kappa shape index (κ2) is 41.1. The van der Waals surface area contributed by atoms with Gasteiger partial charge in [0.25, 0.3) is 0 Å². The molecule has 4 unspecified atom stereocenters. The average Bonchev–Trinajstić information content (AvgIpc) is 3.39. The minimum Gasteiger partial charge on any atom is -0.508 e. The number of aliphatic hydroxyl groups excluding tert-OH is 1. The predicted octanol–water partition coefficient (Wildman–Crippen LogP) is 6.32. The van der Waals surface area contributed by atoms with Crippen molar-refractivity contribution >= 4 is 54.8 Å². The van der Waals surface area contributed by atoms with Crippen molar-refractivity contribution in [2.75, 3.05) is 26.2 Å². The van der Waals surface area contributed by atoms with Crippen LogP contribution in [0.2, 0.25) is 0 Å². The normalized spacial score (nSPS) is 12.8. The molecule has 0 spiro atoms. The highest BCUT2D eigenvalue weighted by Crippen LogP contribution is 2.17. The lowest BCUT2D eigenvalue weighted by atomic mass is 10.1. The molecule has 15 N–H and O–H groups in total. The highest BCUT2D eigenvalue weighted by atomic mass is 16.4. The summed E-state index contributed by atoms with van der Waals surface area (Å²) >= 11 is 0. The second-order valence-corrected chi connectivity index (χ2v) is 16.7. The van der Waals surface area contributed by atoms with Gasteiger partial charge in [-0.05, 0) is 130 Å². The third-order valence-corrected chi connectivity index (χ3v) is 10.5. The van der Waals surface area contributed by atoms with Crippen molar-refractivity contribution in [3.8, 4) is 11.5 Å². The van der Waals surface area contributed by atoms with Gasteiger partial charge in [0.15, 0.2) is 0 Å². The molecule has 74 heavy (non-hydrogen) atoms. The molecule has 0 bridgehead atoms. The topological polar surface area (TPSA) is 363 Å². The molecule has 19 nitrogen and oxygen atoms in total. The number of nitrogens with zero attached hydrogens (tertiary/aromatic N) is 4. The van der Waals surface area contributed by atoms with Gasteiger partial charge < -0.3 is 58.7 Å². The molecule has 0 radical (unpaired) electrons. The first-order valence-corrected chi connectivity index (χ1v) is 24.5. The van der Waals surface area contributed by atoms with E-state index in [-0.39, 0.29) is 18.1 Å². The van der Waals surface area contributed by atoms with Crippen molar-refractivity contribution in [1.82, 2.24) is 0 Å². The van der Waals surface area contributed by atoms with Gasteiger partial charge >= 0.3 is 23.9 Å². The average molecular weight is 1030 g/mol. The molecule has 4 rings (SSSR count). The molecule has 0 fully saturated rings. The van der Waals surface area contributed by atoms with Crippen molar-refractivity contribution in [2.45, 2.75) is 108 Å². The number of aliphatic carboxylic acids is 4. The van der Waals surface area contributed by atoms with E-state index in [0.29, 0.717) is 69.4 Å². The fourth-order valence-corrected chi connectivity index (χ4v) is 6.07. The Morgan fingerprint density at radius 1 is 0.446 bits per heavy atom. The Kier molecular flexibility index (Phi) is 35.9. The standard InChI is InChI=1S/C15H20N2O2.C14H20N2O4.C13H18N2O3.C13H18N2O2/c16-14(15(18)19)10-4-5-11-17-12-6-9-13-7-2-1-3-8-13;15-12(14(19)20)3-1-2-6-16-8-10-4-5-13(18)11(7-10)9-17;14-11(13(17)18)6-3-4-8-15-9-10-5-1-2-7-12(10)16;14-12(13(16)17)8-4-5-9-15-10-11-6-2-1-3-7-11/h1-3,6-9,12,14H,4-5,10-11,16H2,(H,18,19);4-5,7-8,12,17-18H,1-3,6,9,15H2,(H,19,20);1-2,5,7,9,11,16H,3-4,6,8,14H2,(H,17,18);1-3,6-7,10,12H,4-5,8-9,14H2,(H,16,17)/b9-6+,17-12?;;;. The lowest BCUT2D eigenvalue weighted by Crippen LogP contribution is -2.29. The third kappa shape index (κ3) is 33.3. The smallest absolute Gasteiger partial charge is 0.320 e. The fourth-order valence-electron chi connectivity index (χ4n) is 6.07. The molecule has 0 amide bonds. The Hall–Kier alpha value is -7.42. The van der Waals surface area contributed by atoms with Gasteiger partial charge in [-0.3, -0.25) is 39.1 Å². The molecular weight excluding hydrogens is 949 g/mol. The monoisotopic (exact) mass is 1020 g/mol. The van der Waals surface area contributed by atoms with Crippen molar-refractivity contribution in [1.29, 1.82) is 0 Å². The molecule has 0 aromatic heterocycles. The summed E-state index contributed by atoms with van der Waals surface area (Å²) in [6, 6.07) is 28.6. The minimum absolute atomic E-state index is 0.0623. The number of carboxylic acid groups (broad SMARTS) is 4. The van der Waals surface area contributed by atoms with Crippen molar-refractivity contribution in [3.05, 3.63) is 137 Å². The van der Waals surface area contributed by atoms with Gasteiger partial charge in [0.1, 0.15) is 35.7 Å². The van der Waals surface area contributed by atoms with Crippen LogP contribution in [0.4, 0.5) is 0 Å². The van der Waals surface area contributed by atoms with Gasteiger partial charge in [0.05, 0.1) is 6.61 Å². The van der Waals surface area contributed by atoms with Crippen LogP contribution in [0, 0.1) is 0 Å². The quantitative estimate of drug-likeness (QED) is 0.0201. The number of aliphatic imine (C=N–C) groups is 4. The van der Waals surface area contributed by atoms with E-state index in [1.165, 1.54) is 6.07 Å². The number of para-hydroxylation sites is 1. The Morgan fingerprint density at radius 2 is 0.838 bits per heavy atom. The number of nitrogens with two attached hydrogens (primary N) is 4. The molecule has 4 atom stereocenters. The van der Waals surface area contributed by atoms with Gasteiger partial charge in [-0.1, -0.05) is 78.9 Å². The summed E-state index contributed by atoms with van der Waals surface area (Å²) in [5, 5.41) is 62.3. The summed E-state index contributed by atoms with van der Waals surface area (Å²) in [5.41, 5.74) is 25.7. The highest BCUT2D eigenvalue weighted by Gasteiger charge is 2.12. The molecule has 0 saturated carbocycles. The molecular formula is C55H76N8O11. The number of hydrogen-bond donors (Lipinski definition) is 11. The lowest BCUT2D eigenvalue weighted by molar-refractivity contribution is -0.139. The summed E-state index contributed by atoms with van der Waals surface area (Å²) in [7, 11) is 0. The molecule has 4 aromatic carbocycles. The van der Waals surface area contributed by atoms with Crippen LogP contribution in [0.5, 0.6) is 11.5 Å². The van der Waals surface area contributed by atoms with Crippen LogP contribution in [-0.4, -0.2) is 135 Å². The largest absolute Gasteiger partial charge is 0.508 e. The molecule has 0 aliphatic rings. The molecule has 0 heterocycles. The maximum Gasteiger partial charge on any atom is 0.320 e. The molecule has 0 aliphatic carbocycles. The van der Waals surface area contributed by atoms with Gasteiger partial charge in [-0.15, -0.1) is 0 Å². The van der Waals surface area contributed by atoms with Crippen LogP contribution in [-0.2, 0) is 25.8 Å². The fraction of sp³-hybridized carbons (Fsp3) is 0.382. The highest BCUT2D eigenvalue weighted by molar-refractivity contribution is 5.83. The first kappa shape index (κ1) is 64.6. The summed E-state index contributed by atoms with van der Waals surface area (Å²) < 4.78 is 0. The van der Waals surface area contributed by atoms with E-state index < -0.39 is 48.0 Å². The second-order valence-electron chi connectivity index (χ2n) is 16.7. The Morgan fingerprint density at radius 3 is 1.27 bits per heavy atom. The van der Waals surface area contributed by atoms with Gasteiger partial charge in [-0.2, -0.15) is 0 Å². The van der Waals surface area contributed by atoms with E-state index in [1.807, 2.05) is 85.1 Å². The number of rotatable bonds is 30. The van der Waals surface area contributed by atoms with Crippen LogP contribution in [0.1, 0.15) is 105 Å². The Balaban J connectivity index is 0.000000494. The van der Waals surface area contributed by atoms with Gasteiger partial charge in [0, 0.05) is 62.2 Å². The van der Waals surface area contributed by atoms with E-state index in [4.69, 9.17) is 48.5 Å². The summed E-state index contributed by atoms with van der Waals surface area (Å²) in [6.07, 6.45) is 19.0. The van der Waals surface area contributed by atoms with Crippen LogP contribution < -0.4 is 22.9 Å². The number of allylic oxidation sites excluding steroid dienone is 1. The first-order chi connectivity index (χ1) is 35.5. The van der Waals surface area contributed by atoms with Crippen LogP contribution in [0.25, 0.3) is 6.08 Å². The summed E-state index contributed by atoms with van der Waals surface area (Å²) in [6.45, 7) is 2.37. The number of aromatic hydroxyl groups is 2. The Bertz CT molecular complexity index is 2330. The predicted molar refractivity (Wildman–Crippen MR) is 293 cm³/mol. The van der Waals surface area contributed by atoms with Crippen LogP contribution >= 0.6 is 0 Å². The number of aliphatic hydroxyl groups is 1. The van der Waals surface area contributed by atoms with E-state index in [2.05, 4.69) is 20.0 Å². The maximum absolute atomic E-state index is 10.5. The van der Waals surface area contributed by atoms with Crippen molar-refractivity contribution < 1.29 is 54.9 Å². The van der Waals surface area contributed by atoms with E-state index in [9.17, 15) is 29.4 Å². The number of carboxylic acids is 4. The van der Waals surface area contributed by atoms with Crippen molar-refractivity contribution in [3.63, 3.8) is 0 Å². The summed E-state index contributed by atoms with van der Waals surface area (Å²) in [5.74, 6) is -3.55. The van der Waals surface area contributed by atoms with Gasteiger partial charge in [0.2, 0.25) is 0 Å². The first-order valence-electron chi connectivity index (χ1n) is 24.5. The third-order valence-electron chi connectivity index (χ3n) is 10.5. The lowest BCUT2D eigenvalue weighted by Gasteiger charge is -2.04. The molecule has 0 saturated heterocycles. The minimum atomic E-state index is -0.978. The van der Waals surface area contributed by atoms with Crippen LogP contribution in [0.3, 0.4) is 0 Å². The van der Waals surface area contributed by atoms with E-state index in [0.717, 1.165) is 61.6 Å². The zero-order chi connectivity index (χ0) is 54.8. The maximum atomic E-state index is 10.5. The number of hydrogen-bond acceptors (Lipinski definition) is 15. The zero-order valence-corrected chi connectivity index (χ0v) is 42.0. The van der Waals surface area contributed by atoms with Crippen molar-refractivity contribution in [2.24, 2.45) is 42.9 Å². The Labute approximate surface area is 433 Å². The SMILES string of the molecule is NC(CCCCN=C/C=C/c1ccccc1)C(=O)O.NC(CCCCN=Cc1ccc(O)c(CO)c1)C(=O)O.NC(CCCCN=Cc1ccccc1)C(=O)O.NC(CCCCN=Cc1ccccc1O)C(=O)O. The van der Waals surface area contributed by atoms with E-state index in [1.54, 1.807) is 49.0 Å². The van der Waals surface area contributed by atoms with Gasteiger partial charge in [-0.25, -0.2) is 0 Å². The number of phenols is 2. The van der Waals surface area contributed by atoms with E-state index >= 15 is 0 Å². The number of phenolic OH excluding ortho intramolecular Hbond substituents is 1. The molecule has 0 aliphatic heterocycles. The van der Waals surface area contributed by atoms with Crippen LogP contribution in [0.15, 0.2) is 129 Å². The summed E-state index contributed by atoms with van der Waals surface area (Å²) in [4.78, 5) is 58.8. The number of carbonyl (C=O) groups is 4. The number of unbranched alkanes of at least 4 members (excludes halogenated alkanes) is 4. The zero-order valence-electron chi connectivity index (χ0n) is 42.0.